The fourth-order valence-electron chi connectivity index (χ4n) is 2.03. The molecule has 1 amide bonds. The number of aryl methyl sites for hydroxylation is 1. The van der Waals surface area contributed by atoms with E-state index in [2.05, 4.69) is 4.98 Å². The fourth-order valence-corrected chi connectivity index (χ4v) is 2.62. The quantitative estimate of drug-likeness (QED) is 0.800. The molecule has 1 aromatic carbocycles. The minimum Gasteiger partial charge on any atom is -0.458 e. The van der Waals surface area contributed by atoms with Gasteiger partial charge in [-0.15, -0.1) is 11.3 Å². The molecule has 0 atom stereocenters. The Hall–Kier alpha value is -2.40. The molecule has 4 nitrogen and oxygen atoms in total. The van der Waals surface area contributed by atoms with Gasteiger partial charge in [0.15, 0.2) is 10.8 Å². The largest absolute Gasteiger partial charge is 0.458 e. The molecule has 0 aliphatic heterocycles. The molecule has 0 fully saturated rings. The van der Waals surface area contributed by atoms with Gasteiger partial charge in [-0.1, -0.05) is 12.1 Å². The van der Waals surface area contributed by atoms with Gasteiger partial charge in [0.1, 0.15) is 5.76 Å². The van der Waals surface area contributed by atoms with E-state index in [0.717, 1.165) is 27.7 Å². The van der Waals surface area contributed by atoms with Crippen molar-refractivity contribution in [3.05, 3.63) is 53.2 Å². The van der Waals surface area contributed by atoms with Crippen molar-refractivity contribution in [3.63, 3.8) is 0 Å². The number of carbonyl (C=O) groups excluding carboxylic acids is 1. The van der Waals surface area contributed by atoms with Gasteiger partial charge in [0.05, 0.1) is 0 Å². The van der Waals surface area contributed by atoms with Crippen LogP contribution in [0.4, 0.5) is 0 Å². The van der Waals surface area contributed by atoms with Gasteiger partial charge in [0.25, 0.3) is 0 Å². The van der Waals surface area contributed by atoms with Gasteiger partial charge in [-0.2, -0.15) is 0 Å². The molecule has 0 saturated heterocycles. The minimum atomic E-state index is -0.427. The van der Waals surface area contributed by atoms with Crippen LogP contribution in [0.5, 0.6) is 0 Å². The lowest BCUT2D eigenvalue weighted by molar-refractivity contribution is 0.100. The van der Waals surface area contributed by atoms with Crippen molar-refractivity contribution in [1.29, 1.82) is 0 Å². The molecule has 0 unspecified atom stereocenters. The normalized spacial score (nSPS) is 10.7. The zero-order valence-corrected chi connectivity index (χ0v) is 11.6. The van der Waals surface area contributed by atoms with Gasteiger partial charge < -0.3 is 10.2 Å². The Balaban J connectivity index is 2.00. The summed E-state index contributed by atoms with van der Waals surface area (Å²) >= 11 is 1.53. The number of rotatable bonds is 3. The standard InChI is InChI=1S/C15H12N2O2S/c1-9-12(8-13(19-9)15-17-6-7-20-15)10-2-4-11(5-3-10)14(16)18/h2-8H,1H3,(H2,16,18). The molecule has 2 N–H and O–H groups in total. The summed E-state index contributed by atoms with van der Waals surface area (Å²) in [6.07, 6.45) is 1.75. The van der Waals surface area contributed by atoms with Gasteiger partial charge in [0, 0.05) is 22.7 Å². The molecule has 2 heterocycles. The maximum Gasteiger partial charge on any atom is 0.248 e. The number of amides is 1. The van der Waals surface area contributed by atoms with Crippen LogP contribution >= 0.6 is 11.3 Å². The van der Waals surface area contributed by atoms with Crippen molar-refractivity contribution in [2.45, 2.75) is 6.92 Å². The average molecular weight is 284 g/mol. The molecule has 0 spiro atoms. The van der Waals surface area contributed by atoms with Crippen LogP contribution in [0.25, 0.3) is 21.9 Å². The molecule has 100 valence electrons. The predicted molar refractivity (Wildman–Crippen MR) is 78.5 cm³/mol. The number of primary amides is 1. The van der Waals surface area contributed by atoms with E-state index < -0.39 is 5.91 Å². The minimum absolute atomic E-state index is 0.427. The molecule has 0 bridgehead atoms. The van der Waals surface area contributed by atoms with Crippen LogP contribution in [-0.4, -0.2) is 10.9 Å². The Morgan fingerprint density at radius 3 is 2.65 bits per heavy atom. The summed E-state index contributed by atoms with van der Waals surface area (Å²) in [5.74, 6) is 1.15. The summed E-state index contributed by atoms with van der Waals surface area (Å²) in [5, 5.41) is 2.77. The summed E-state index contributed by atoms with van der Waals surface area (Å²) in [6, 6.07) is 9.13. The maximum atomic E-state index is 11.1. The Bertz CT molecular complexity index is 743. The van der Waals surface area contributed by atoms with Crippen molar-refractivity contribution in [2.24, 2.45) is 5.73 Å². The number of benzene rings is 1. The lowest BCUT2D eigenvalue weighted by atomic mass is 10.0. The number of thiazole rings is 1. The van der Waals surface area contributed by atoms with E-state index in [-0.39, 0.29) is 0 Å². The predicted octanol–water partition coefficient (Wildman–Crippen LogP) is 3.48. The van der Waals surface area contributed by atoms with E-state index in [1.165, 1.54) is 11.3 Å². The summed E-state index contributed by atoms with van der Waals surface area (Å²) < 4.78 is 5.75. The van der Waals surface area contributed by atoms with Crippen molar-refractivity contribution >= 4 is 17.2 Å². The maximum absolute atomic E-state index is 11.1. The van der Waals surface area contributed by atoms with Crippen LogP contribution in [0.15, 0.2) is 46.3 Å². The van der Waals surface area contributed by atoms with Gasteiger partial charge in [0.2, 0.25) is 5.91 Å². The van der Waals surface area contributed by atoms with Crippen molar-refractivity contribution in [3.8, 4) is 21.9 Å². The van der Waals surface area contributed by atoms with E-state index in [4.69, 9.17) is 10.2 Å². The third-order valence-electron chi connectivity index (χ3n) is 3.04. The lowest BCUT2D eigenvalue weighted by Crippen LogP contribution is -2.10. The molecule has 0 saturated carbocycles. The second-order valence-corrected chi connectivity index (χ2v) is 5.25. The summed E-state index contributed by atoms with van der Waals surface area (Å²) in [5.41, 5.74) is 7.71. The number of aromatic nitrogens is 1. The molecular formula is C15H12N2O2S. The Labute approximate surface area is 119 Å². The number of hydrogen-bond acceptors (Lipinski definition) is 4. The van der Waals surface area contributed by atoms with E-state index in [1.54, 1.807) is 18.3 Å². The first-order valence-electron chi connectivity index (χ1n) is 6.05. The average Bonchev–Trinajstić information content (AvgIpc) is 3.08. The van der Waals surface area contributed by atoms with Crippen molar-refractivity contribution < 1.29 is 9.21 Å². The number of furan rings is 1. The van der Waals surface area contributed by atoms with E-state index >= 15 is 0 Å². The van der Waals surface area contributed by atoms with E-state index in [0.29, 0.717) is 5.56 Å². The van der Waals surface area contributed by atoms with Crippen LogP contribution < -0.4 is 5.73 Å². The smallest absolute Gasteiger partial charge is 0.248 e. The van der Waals surface area contributed by atoms with Gasteiger partial charge in [-0.05, 0) is 30.7 Å². The summed E-state index contributed by atoms with van der Waals surface area (Å²) in [4.78, 5) is 15.3. The molecule has 0 radical (unpaired) electrons. The number of nitrogens with two attached hydrogens (primary N) is 1. The van der Waals surface area contributed by atoms with Gasteiger partial charge >= 0.3 is 0 Å². The monoisotopic (exact) mass is 284 g/mol. The van der Waals surface area contributed by atoms with Gasteiger partial charge in [-0.25, -0.2) is 4.98 Å². The first-order valence-corrected chi connectivity index (χ1v) is 6.93. The van der Waals surface area contributed by atoms with Crippen LogP contribution in [0, 0.1) is 6.92 Å². The zero-order valence-electron chi connectivity index (χ0n) is 10.8. The van der Waals surface area contributed by atoms with E-state index in [1.807, 2.05) is 30.5 Å². The molecule has 3 rings (SSSR count). The lowest BCUT2D eigenvalue weighted by Gasteiger charge is -2.00. The molecule has 5 heteroatoms. The number of carbonyl (C=O) groups is 1. The molecule has 0 aliphatic rings. The highest BCUT2D eigenvalue weighted by molar-refractivity contribution is 7.13. The van der Waals surface area contributed by atoms with Crippen molar-refractivity contribution in [2.75, 3.05) is 0 Å². The molecule has 2 aromatic heterocycles. The molecule has 20 heavy (non-hydrogen) atoms. The fraction of sp³-hybridized carbons (Fsp3) is 0.0667. The van der Waals surface area contributed by atoms with E-state index in [9.17, 15) is 4.79 Å². The second kappa shape index (κ2) is 4.94. The number of nitrogens with zero attached hydrogens (tertiary/aromatic N) is 1. The SMILES string of the molecule is Cc1oc(-c2nccs2)cc1-c1ccc(C(N)=O)cc1. The molecule has 0 aliphatic carbocycles. The first kappa shape index (κ1) is 12.6. The highest BCUT2D eigenvalue weighted by Crippen LogP contribution is 2.33. The Morgan fingerprint density at radius 2 is 2.05 bits per heavy atom. The highest BCUT2D eigenvalue weighted by atomic mass is 32.1. The third kappa shape index (κ3) is 2.23. The Kier molecular flexibility index (Phi) is 3.12. The summed E-state index contributed by atoms with van der Waals surface area (Å²) in [7, 11) is 0. The van der Waals surface area contributed by atoms with Gasteiger partial charge in [-0.3, -0.25) is 4.79 Å². The topological polar surface area (TPSA) is 69.1 Å². The van der Waals surface area contributed by atoms with Crippen LogP contribution in [0.3, 0.4) is 0 Å². The third-order valence-corrected chi connectivity index (χ3v) is 3.83. The Morgan fingerprint density at radius 1 is 1.30 bits per heavy atom. The zero-order chi connectivity index (χ0) is 14.1. The second-order valence-electron chi connectivity index (χ2n) is 4.36. The summed E-state index contributed by atoms with van der Waals surface area (Å²) in [6.45, 7) is 1.91. The first-order chi connectivity index (χ1) is 9.65. The molecular weight excluding hydrogens is 272 g/mol. The number of hydrogen-bond donors (Lipinski definition) is 1. The van der Waals surface area contributed by atoms with Crippen molar-refractivity contribution in [1.82, 2.24) is 4.98 Å². The van der Waals surface area contributed by atoms with Crippen LogP contribution in [-0.2, 0) is 0 Å². The van der Waals surface area contributed by atoms with Crippen LogP contribution in [0.1, 0.15) is 16.1 Å². The highest BCUT2D eigenvalue weighted by Gasteiger charge is 2.13. The van der Waals surface area contributed by atoms with Crippen LogP contribution in [0.2, 0.25) is 0 Å². The molecule has 3 aromatic rings.